The number of hydrogen-bond acceptors (Lipinski definition) is 1. The van der Waals surface area contributed by atoms with Crippen molar-refractivity contribution in [1.29, 1.82) is 0 Å². The molecule has 0 aliphatic rings. The Morgan fingerprint density at radius 3 is 2.25 bits per heavy atom. The van der Waals surface area contributed by atoms with E-state index < -0.39 is 0 Å². The van der Waals surface area contributed by atoms with E-state index in [1.807, 2.05) is 0 Å². The molecule has 0 rings (SSSR count). The van der Waals surface area contributed by atoms with Gasteiger partial charge in [-0.1, -0.05) is 0 Å². The van der Waals surface area contributed by atoms with Gasteiger partial charge in [-0.15, -0.1) is 6.10 Å². The Bertz CT molecular complexity index is 61.5. The standard InChI is InChI=1S/C6H10O.Cr/c1-4-5-6(2)7-3;/h4-6H,1-2H2,3H3;/q-2;+2/b5-4-;. The Morgan fingerprint density at radius 1 is 1.62 bits per heavy atom. The molecule has 0 aliphatic carbocycles. The van der Waals surface area contributed by atoms with Crippen molar-refractivity contribution < 1.29 is 22.1 Å². The van der Waals surface area contributed by atoms with E-state index in [9.17, 15) is 0 Å². The zero-order valence-corrected chi connectivity index (χ0v) is 6.24. The summed E-state index contributed by atoms with van der Waals surface area (Å²) in [5.41, 5.74) is 0. The van der Waals surface area contributed by atoms with Crippen LogP contribution in [0, 0.1) is 13.8 Å². The van der Waals surface area contributed by atoms with Gasteiger partial charge in [-0.25, -0.2) is 19.1 Å². The van der Waals surface area contributed by atoms with E-state index in [0.717, 1.165) is 0 Å². The predicted molar refractivity (Wildman–Crippen MR) is 30.7 cm³/mol. The van der Waals surface area contributed by atoms with Crippen molar-refractivity contribution in [2.75, 3.05) is 7.11 Å². The summed E-state index contributed by atoms with van der Waals surface area (Å²) >= 11 is 0. The monoisotopic (exact) mass is 150 g/mol. The van der Waals surface area contributed by atoms with Gasteiger partial charge in [0, 0.05) is 7.11 Å². The molecule has 0 aliphatic heterocycles. The van der Waals surface area contributed by atoms with E-state index in [1.54, 1.807) is 19.3 Å². The van der Waals surface area contributed by atoms with Gasteiger partial charge in [-0.3, -0.25) is 0 Å². The minimum absolute atomic E-state index is 0. The van der Waals surface area contributed by atoms with Gasteiger partial charge in [-0.2, -0.15) is 0 Å². The summed E-state index contributed by atoms with van der Waals surface area (Å²) in [5.74, 6) is 0. The summed E-state index contributed by atoms with van der Waals surface area (Å²) in [6, 6.07) is 0. The summed E-state index contributed by atoms with van der Waals surface area (Å²) in [6.45, 7) is 7.07. The second-order valence-corrected chi connectivity index (χ2v) is 1.20. The number of ether oxygens (including phenoxy) is 1. The maximum Gasteiger partial charge on any atom is 2.00 e. The molecule has 0 saturated heterocycles. The molecule has 8 heavy (non-hydrogen) atoms. The van der Waals surface area contributed by atoms with Gasteiger partial charge in [0.15, 0.2) is 0 Å². The predicted octanol–water partition coefficient (Wildman–Crippen LogP) is 1.22. The van der Waals surface area contributed by atoms with Crippen LogP contribution in [0.5, 0.6) is 0 Å². The summed E-state index contributed by atoms with van der Waals surface area (Å²) in [6.07, 6.45) is 3.40. The fourth-order valence-electron chi connectivity index (χ4n) is 0.230. The second-order valence-electron chi connectivity index (χ2n) is 1.20. The van der Waals surface area contributed by atoms with Crippen molar-refractivity contribution in [2.45, 2.75) is 6.10 Å². The Kier molecular flexibility index (Phi) is 9.74. The Hall–Kier alpha value is 0.102. The number of rotatable bonds is 2. The number of hydrogen-bond donors (Lipinski definition) is 0. The molecule has 0 aromatic heterocycles. The molecular formula is C6H10CrO. The first-order chi connectivity index (χ1) is 3.31. The van der Waals surface area contributed by atoms with Crippen LogP contribution in [0.25, 0.3) is 0 Å². The van der Waals surface area contributed by atoms with Gasteiger partial charge in [0.25, 0.3) is 0 Å². The minimum atomic E-state index is -0.0440. The van der Waals surface area contributed by atoms with Crippen molar-refractivity contribution in [1.82, 2.24) is 0 Å². The first kappa shape index (κ1) is 11.0. The van der Waals surface area contributed by atoms with Crippen molar-refractivity contribution in [2.24, 2.45) is 0 Å². The van der Waals surface area contributed by atoms with Gasteiger partial charge in [0.05, 0.1) is 0 Å². The van der Waals surface area contributed by atoms with Gasteiger partial charge >= 0.3 is 17.4 Å². The molecule has 1 nitrogen and oxygen atoms in total. The van der Waals surface area contributed by atoms with Crippen LogP contribution in [0.15, 0.2) is 12.2 Å². The molecule has 0 aromatic carbocycles. The van der Waals surface area contributed by atoms with Gasteiger partial charge in [0.1, 0.15) is 0 Å². The fraction of sp³-hybridized carbons (Fsp3) is 0.333. The van der Waals surface area contributed by atoms with Crippen LogP contribution in [0.2, 0.25) is 0 Å². The number of allylic oxidation sites excluding steroid dienone is 1. The SMILES string of the molecule is [CH2-]/C=C\C([CH2-])OC.[Cr+2]. The normalized spacial score (nSPS) is 13.2. The maximum atomic E-state index is 4.75. The zero-order chi connectivity index (χ0) is 5.70. The van der Waals surface area contributed by atoms with Gasteiger partial charge < -0.3 is 11.7 Å². The molecule has 0 saturated carbocycles. The molecule has 0 bridgehead atoms. The van der Waals surface area contributed by atoms with Crippen LogP contribution in [0.1, 0.15) is 0 Å². The van der Waals surface area contributed by atoms with E-state index in [4.69, 9.17) is 4.74 Å². The van der Waals surface area contributed by atoms with Crippen LogP contribution >= 0.6 is 0 Å². The molecule has 0 fully saturated rings. The van der Waals surface area contributed by atoms with E-state index >= 15 is 0 Å². The summed E-state index contributed by atoms with van der Waals surface area (Å²) in [7, 11) is 1.61. The zero-order valence-electron chi connectivity index (χ0n) is 4.96. The van der Waals surface area contributed by atoms with Crippen LogP contribution < -0.4 is 0 Å². The van der Waals surface area contributed by atoms with Gasteiger partial charge in [-0.05, 0) is 0 Å². The Balaban J connectivity index is 0. The molecule has 0 spiro atoms. The second kappa shape index (κ2) is 7.10. The van der Waals surface area contributed by atoms with Crippen LogP contribution in [-0.2, 0) is 22.1 Å². The first-order valence-corrected chi connectivity index (χ1v) is 2.13. The molecule has 0 radical (unpaired) electrons. The summed E-state index contributed by atoms with van der Waals surface area (Å²) in [5, 5.41) is 0. The third kappa shape index (κ3) is 6.10. The quantitative estimate of drug-likeness (QED) is 0.538. The van der Waals surface area contributed by atoms with Crippen LogP contribution in [-0.4, -0.2) is 13.2 Å². The van der Waals surface area contributed by atoms with Crippen molar-refractivity contribution in [3.8, 4) is 0 Å². The first-order valence-electron chi connectivity index (χ1n) is 2.13. The fourth-order valence-corrected chi connectivity index (χ4v) is 0.230. The van der Waals surface area contributed by atoms with Crippen molar-refractivity contribution in [3.63, 3.8) is 0 Å². The van der Waals surface area contributed by atoms with E-state index in [2.05, 4.69) is 13.8 Å². The topological polar surface area (TPSA) is 9.23 Å². The Labute approximate surface area is 61.9 Å². The number of methoxy groups -OCH3 is 1. The molecule has 0 aromatic rings. The minimum Gasteiger partial charge on any atom is -0.427 e. The molecule has 2 heteroatoms. The summed E-state index contributed by atoms with van der Waals surface area (Å²) in [4.78, 5) is 0. The summed E-state index contributed by atoms with van der Waals surface area (Å²) < 4.78 is 4.75. The van der Waals surface area contributed by atoms with Crippen molar-refractivity contribution in [3.05, 3.63) is 26.0 Å². The van der Waals surface area contributed by atoms with E-state index in [-0.39, 0.29) is 23.5 Å². The van der Waals surface area contributed by atoms with Gasteiger partial charge in [0.2, 0.25) is 0 Å². The van der Waals surface area contributed by atoms with Crippen LogP contribution in [0.3, 0.4) is 0 Å². The maximum absolute atomic E-state index is 4.75. The van der Waals surface area contributed by atoms with Crippen molar-refractivity contribution >= 4 is 0 Å². The molecule has 0 heterocycles. The smallest absolute Gasteiger partial charge is 0.427 e. The molecule has 1 atom stereocenters. The van der Waals surface area contributed by atoms with E-state index in [0.29, 0.717) is 0 Å². The average Bonchev–Trinajstić information content (AvgIpc) is 1.68. The third-order valence-corrected chi connectivity index (χ3v) is 0.653. The largest absolute Gasteiger partial charge is 2.00 e. The molecular weight excluding hydrogens is 140 g/mol. The van der Waals surface area contributed by atoms with Crippen LogP contribution in [0.4, 0.5) is 0 Å². The average molecular weight is 150 g/mol. The Morgan fingerprint density at radius 2 is 2.12 bits per heavy atom. The molecule has 1 unspecified atom stereocenters. The molecule has 0 amide bonds. The third-order valence-electron chi connectivity index (χ3n) is 0.653. The molecule has 0 N–H and O–H groups in total. The molecule has 46 valence electrons. The van der Waals surface area contributed by atoms with E-state index in [1.165, 1.54) is 0 Å².